The van der Waals surface area contributed by atoms with E-state index in [-0.39, 0.29) is 6.04 Å². The van der Waals surface area contributed by atoms with Crippen LogP contribution in [0.15, 0.2) is 29.9 Å². The Balaban J connectivity index is 2.41. The minimum atomic E-state index is -0.0714. The number of hydrogen-bond acceptors (Lipinski definition) is 5. The maximum Gasteiger partial charge on any atom is 0.142 e. The van der Waals surface area contributed by atoms with Crippen LogP contribution in [0.1, 0.15) is 22.0 Å². The number of rotatable bonds is 4. The van der Waals surface area contributed by atoms with Gasteiger partial charge in [-0.25, -0.2) is 5.43 Å². The molecule has 17 heavy (non-hydrogen) atoms. The van der Waals surface area contributed by atoms with Gasteiger partial charge in [-0.3, -0.25) is 10.8 Å². The summed E-state index contributed by atoms with van der Waals surface area (Å²) in [5.74, 6) is 6.38. The van der Waals surface area contributed by atoms with Gasteiger partial charge in [0.25, 0.3) is 0 Å². The molecule has 0 aromatic carbocycles. The molecule has 0 saturated heterocycles. The van der Waals surface area contributed by atoms with Gasteiger partial charge in [-0.15, -0.1) is 11.3 Å². The van der Waals surface area contributed by atoms with Gasteiger partial charge in [0.2, 0.25) is 0 Å². The number of ether oxygens (including phenoxy) is 1. The fourth-order valence-corrected chi connectivity index (χ4v) is 2.51. The lowest BCUT2D eigenvalue weighted by Crippen LogP contribution is -2.28. The van der Waals surface area contributed by atoms with Gasteiger partial charge < -0.3 is 4.74 Å². The maximum atomic E-state index is 5.65. The molecule has 0 aliphatic rings. The van der Waals surface area contributed by atoms with Crippen LogP contribution in [0.5, 0.6) is 5.75 Å². The Kier molecular flexibility index (Phi) is 3.73. The van der Waals surface area contributed by atoms with E-state index in [0.29, 0.717) is 0 Å². The van der Waals surface area contributed by atoms with E-state index < -0.39 is 0 Å². The summed E-state index contributed by atoms with van der Waals surface area (Å²) in [6, 6.07) is 3.96. The molecule has 1 unspecified atom stereocenters. The van der Waals surface area contributed by atoms with E-state index in [4.69, 9.17) is 10.6 Å². The van der Waals surface area contributed by atoms with Crippen molar-refractivity contribution in [1.82, 2.24) is 10.4 Å². The first kappa shape index (κ1) is 12.0. The molecule has 0 saturated carbocycles. The second kappa shape index (κ2) is 5.27. The highest BCUT2D eigenvalue weighted by Crippen LogP contribution is 2.30. The van der Waals surface area contributed by atoms with Crippen molar-refractivity contribution in [3.05, 3.63) is 45.9 Å². The van der Waals surface area contributed by atoms with Gasteiger partial charge in [0.05, 0.1) is 19.3 Å². The van der Waals surface area contributed by atoms with Crippen LogP contribution in [-0.4, -0.2) is 12.1 Å². The molecule has 0 aliphatic carbocycles. The monoisotopic (exact) mass is 249 g/mol. The molecule has 0 fully saturated rings. The average molecular weight is 249 g/mol. The van der Waals surface area contributed by atoms with Gasteiger partial charge in [-0.2, -0.15) is 0 Å². The lowest BCUT2D eigenvalue weighted by molar-refractivity contribution is 0.402. The smallest absolute Gasteiger partial charge is 0.142 e. The number of nitrogens with two attached hydrogens (primary N) is 1. The first-order valence-electron chi connectivity index (χ1n) is 5.25. The number of thiophene rings is 1. The topological polar surface area (TPSA) is 60.2 Å². The molecule has 3 N–H and O–H groups in total. The predicted octanol–water partition coefficient (Wildman–Crippen LogP) is 2.01. The van der Waals surface area contributed by atoms with Crippen LogP contribution in [0.25, 0.3) is 0 Å². The number of aromatic nitrogens is 1. The standard InChI is InChI=1S/C12H15N3OS/c1-8-5-9(7-17-8)12(15-13)10-3-4-14-6-11(10)16-2/h3-7,12,15H,13H2,1-2H3. The first-order valence-corrected chi connectivity index (χ1v) is 6.13. The summed E-state index contributed by atoms with van der Waals surface area (Å²) in [5, 5.41) is 2.10. The highest BCUT2D eigenvalue weighted by atomic mass is 32.1. The number of hydrazine groups is 1. The zero-order chi connectivity index (χ0) is 12.3. The predicted molar refractivity (Wildman–Crippen MR) is 69.0 cm³/mol. The van der Waals surface area contributed by atoms with Crippen molar-refractivity contribution in [3.63, 3.8) is 0 Å². The van der Waals surface area contributed by atoms with Gasteiger partial charge in [-0.1, -0.05) is 0 Å². The molecule has 1 atom stereocenters. The van der Waals surface area contributed by atoms with Crippen LogP contribution >= 0.6 is 11.3 Å². The molecule has 2 rings (SSSR count). The molecule has 5 heteroatoms. The Morgan fingerprint density at radius 2 is 2.35 bits per heavy atom. The Morgan fingerprint density at radius 1 is 1.53 bits per heavy atom. The quantitative estimate of drug-likeness (QED) is 0.643. The zero-order valence-electron chi connectivity index (χ0n) is 9.81. The van der Waals surface area contributed by atoms with E-state index in [1.807, 2.05) is 6.07 Å². The Morgan fingerprint density at radius 3 is 2.94 bits per heavy atom. The van der Waals surface area contributed by atoms with Crippen LogP contribution in [-0.2, 0) is 0 Å². The molecule has 0 bridgehead atoms. The molecule has 4 nitrogen and oxygen atoms in total. The summed E-state index contributed by atoms with van der Waals surface area (Å²) in [6.45, 7) is 2.07. The SMILES string of the molecule is COc1cnccc1C(NN)c1csc(C)c1. The second-order valence-electron chi connectivity index (χ2n) is 3.71. The van der Waals surface area contributed by atoms with E-state index in [1.54, 1.807) is 30.8 Å². The summed E-state index contributed by atoms with van der Waals surface area (Å²) in [7, 11) is 1.63. The van der Waals surface area contributed by atoms with Gasteiger partial charge in [0, 0.05) is 16.6 Å². The molecule has 0 spiro atoms. The third kappa shape index (κ3) is 2.46. The number of pyridine rings is 1. The summed E-state index contributed by atoms with van der Waals surface area (Å²) < 4.78 is 5.30. The number of aryl methyl sites for hydroxylation is 1. The molecular formula is C12H15N3OS. The van der Waals surface area contributed by atoms with Crippen LogP contribution < -0.4 is 16.0 Å². The molecule has 0 amide bonds. The average Bonchev–Trinajstić information content (AvgIpc) is 2.77. The third-order valence-electron chi connectivity index (χ3n) is 2.60. The van der Waals surface area contributed by atoms with Crippen LogP contribution in [0.2, 0.25) is 0 Å². The number of hydrogen-bond donors (Lipinski definition) is 2. The first-order chi connectivity index (χ1) is 8.26. The molecule has 2 aromatic rings. The van der Waals surface area contributed by atoms with E-state index >= 15 is 0 Å². The van der Waals surface area contributed by atoms with Crippen LogP contribution in [0.3, 0.4) is 0 Å². The minimum Gasteiger partial charge on any atom is -0.495 e. The fourth-order valence-electron chi connectivity index (χ4n) is 1.78. The largest absolute Gasteiger partial charge is 0.495 e. The molecule has 0 aliphatic heterocycles. The van der Waals surface area contributed by atoms with E-state index in [2.05, 4.69) is 28.8 Å². The lowest BCUT2D eigenvalue weighted by Gasteiger charge is -2.17. The lowest BCUT2D eigenvalue weighted by atomic mass is 10.0. The fraction of sp³-hybridized carbons (Fsp3) is 0.250. The van der Waals surface area contributed by atoms with E-state index in [1.165, 1.54) is 4.88 Å². The third-order valence-corrected chi connectivity index (χ3v) is 3.48. The maximum absolute atomic E-state index is 5.65. The normalized spacial score (nSPS) is 12.4. The van der Waals surface area contributed by atoms with Crippen molar-refractivity contribution in [3.8, 4) is 5.75 Å². The van der Waals surface area contributed by atoms with Gasteiger partial charge in [-0.05, 0) is 30.0 Å². The van der Waals surface area contributed by atoms with Gasteiger partial charge in [0.1, 0.15) is 5.75 Å². The van der Waals surface area contributed by atoms with Gasteiger partial charge in [0.15, 0.2) is 0 Å². The number of methoxy groups -OCH3 is 1. The number of nitrogens with one attached hydrogen (secondary N) is 1. The zero-order valence-corrected chi connectivity index (χ0v) is 10.6. The van der Waals surface area contributed by atoms with Crippen molar-refractivity contribution in [2.75, 3.05) is 7.11 Å². The highest BCUT2D eigenvalue weighted by molar-refractivity contribution is 7.10. The molecule has 90 valence electrons. The van der Waals surface area contributed by atoms with E-state index in [0.717, 1.165) is 16.9 Å². The minimum absolute atomic E-state index is 0.0714. The molecule has 2 aromatic heterocycles. The summed E-state index contributed by atoms with van der Waals surface area (Å²) >= 11 is 1.70. The van der Waals surface area contributed by atoms with Crippen molar-refractivity contribution in [2.45, 2.75) is 13.0 Å². The molecular weight excluding hydrogens is 234 g/mol. The van der Waals surface area contributed by atoms with Crippen molar-refractivity contribution in [1.29, 1.82) is 0 Å². The van der Waals surface area contributed by atoms with Crippen LogP contribution in [0, 0.1) is 6.92 Å². The number of nitrogens with zero attached hydrogens (tertiary/aromatic N) is 1. The highest BCUT2D eigenvalue weighted by Gasteiger charge is 2.17. The summed E-state index contributed by atoms with van der Waals surface area (Å²) in [6.07, 6.45) is 3.43. The molecule has 0 radical (unpaired) electrons. The van der Waals surface area contributed by atoms with E-state index in [9.17, 15) is 0 Å². The van der Waals surface area contributed by atoms with Crippen molar-refractivity contribution < 1.29 is 4.74 Å². The Labute approximate surface area is 104 Å². The van der Waals surface area contributed by atoms with Gasteiger partial charge >= 0.3 is 0 Å². The van der Waals surface area contributed by atoms with Crippen LogP contribution in [0.4, 0.5) is 0 Å². The summed E-state index contributed by atoms with van der Waals surface area (Å²) in [5.41, 5.74) is 4.95. The Hall–Kier alpha value is -1.43. The van der Waals surface area contributed by atoms with Crippen molar-refractivity contribution in [2.24, 2.45) is 5.84 Å². The molecule has 2 heterocycles. The van der Waals surface area contributed by atoms with Crippen molar-refractivity contribution >= 4 is 11.3 Å². The summed E-state index contributed by atoms with van der Waals surface area (Å²) in [4.78, 5) is 5.30. The second-order valence-corrected chi connectivity index (χ2v) is 4.82. The Bertz CT molecular complexity index is 498.